The first kappa shape index (κ1) is 25.0. The predicted molar refractivity (Wildman–Crippen MR) is 138 cm³/mol. The lowest BCUT2D eigenvalue weighted by Crippen LogP contribution is -2.37. The fourth-order valence-electron chi connectivity index (χ4n) is 4.27. The van der Waals surface area contributed by atoms with Gasteiger partial charge in [-0.15, -0.1) is 0 Å². The second kappa shape index (κ2) is 9.88. The van der Waals surface area contributed by atoms with Gasteiger partial charge in [-0.1, -0.05) is 53.0 Å². The third kappa shape index (κ3) is 4.97. The standard InChI is InChI=1S/C25H23Cl3N2O3S/c1-30(2)18-11-15-9-10-17(29-25(31)24-21(27)7-4-8-22(24)28)13-20(15)23(14-18)34(32,33)19-6-3-5-16(26)12-19/h3-10,12-13,18,23H,11,14H2,1-2H3,(H,29,31). The van der Waals surface area contributed by atoms with E-state index in [1.807, 2.05) is 25.1 Å². The summed E-state index contributed by atoms with van der Waals surface area (Å²) in [6, 6.07) is 16.6. The zero-order valence-electron chi connectivity index (χ0n) is 18.6. The van der Waals surface area contributed by atoms with Gasteiger partial charge in [0.05, 0.1) is 25.8 Å². The number of hydrogen-bond donors (Lipinski definition) is 1. The van der Waals surface area contributed by atoms with Crippen LogP contribution in [0.1, 0.15) is 33.2 Å². The van der Waals surface area contributed by atoms with E-state index in [4.69, 9.17) is 34.8 Å². The van der Waals surface area contributed by atoms with Gasteiger partial charge in [0.2, 0.25) is 0 Å². The van der Waals surface area contributed by atoms with Crippen molar-refractivity contribution in [3.63, 3.8) is 0 Å². The van der Waals surface area contributed by atoms with E-state index in [0.717, 1.165) is 5.56 Å². The van der Waals surface area contributed by atoms with Crippen molar-refractivity contribution < 1.29 is 13.2 Å². The minimum atomic E-state index is -3.74. The van der Waals surface area contributed by atoms with E-state index in [2.05, 4.69) is 5.32 Å². The van der Waals surface area contributed by atoms with Crippen LogP contribution in [0.3, 0.4) is 0 Å². The second-order valence-corrected chi connectivity index (χ2v) is 11.9. The number of carbonyl (C=O) groups excluding carboxylic acids is 1. The molecule has 3 aromatic rings. The van der Waals surface area contributed by atoms with E-state index >= 15 is 0 Å². The van der Waals surface area contributed by atoms with Crippen molar-refractivity contribution in [3.05, 3.63) is 92.4 Å². The zero-order chi connectivity index (χ0) is 24.6. The average Bonchev–Trinajstić information content (AvgIpc) is 2.78. The number of nitrogens with one attached hydrogen (secondary N) is 1. The minimum Gasteiger partial charge on any atom is -0.322 e. The average molecular weight is 538 g/mol. The summed E-state index contributed by atoms with van der Waals surface area (Å²) >= 11 is 18.4. The molecule has 2 atom stereocenters. The number of benzene rings is 3. The number of nitrogens with zero attached hydrogens (tertiary/aromatic N) is 1. The van der Waals surface area contributed by atoms with Crippen molar-refractivity contribution in [2.75, 3.05) is 19.4 Å². The van der Waals surface area contributed by atoms with Crippen LogP contribution in [0.2, 0.25) is 15.1 Å². The SMILES string of the molecule is CN(C)C1Cc2ccc(NC(=O)c3c(Cl)cccc3Cl)cc2C(S(=O)(=O)c2cccc(Cl)c2)C1. The maximum atomic E-state index is 13.7. The highest BCUT2D eigenvalue weighted by molar-refractivity contribution is 7.91. The lowest BCUT2D eigenvalue weighted by molar-refractivity contribution is 0.102. The third-order valence-corrected chi connectivity index (χ3v) is 9.08. The number of rotatable bonds is 5. The molecule has 1 amide bonds. The largest absolute Gasteiger partial charge is 0.322 e. The topological polar surface area (TPSA) is 66.5 Å². The van der Waals surface area contributed by atoms with Gasteiger partial charge in [0.15, 0.2) is 9.84 Å². The molecule has 2 unspecified atom stereocenters. The van der Waals surface area contributed by atoms with Crippen molar-refractivity contribution >= 4 is 56.2 Å². The predicted octanol–water partition coefficient (Wildman–Crippen LogP) is 6.29. The molecule has 0 heterocycles. The van der Waals surface area contributed by atoms with E-state index in [0.29, 0.717) is 29.1 Å². The zero-order valence-corrected chi connectivity index (χ0v) is 21.6. The lowest BCUT2D eigenvalue weighted by atomic mass is 9.87. The molecular formula is C25H23Cl3N2O3S. The van der Waals surface area contributed by atoms with Crippen LogP contribution in [0.25, 0.3) is 0 Å². The van der Waals surface area contributed by atoms with E-state index in [1.54, 1.807) is 48.5 Å². The van der Waals surface area contributed by atoms with Crippen molar-refractivity contribution in [1.82, 2.24) is 4.90 Å². The van der Waals surface area contributed by atoms with Crippen LogP contribution in [0.4, 0.5) is 5.69 Å². The van der Waals surface area contributed by atoms with Crippen LogP contribution in [-0.4, -0.2) is 39.4 Å². The Labute approximate surface area is 214 Å². The normalized spacial score (nSPS) is 17.9. The molecule has 4 rings (SSSR count). The van der Waals surface area contributed by atoms with Crippen LogP contribution < -0.4 is 5.32 Å². The summed E-state index contributed by atoms with van der Waals surface area (Å²) in [5.41, 5.74) is 2.23. The quantitative estimate of drug-likeness (QED) is 0.415. The van der Waals surface area contributed by atoms with Gasteiger partial charge >= 0.3 is 0 Å². The van der Waals surface area contributed by atoms with Gasteiger partial charge in [-0.05, 0) is 80.5 Å². The molecule has 34 heavy (non-hydrogen) atoms. The highest BCUT2D eigenvalue weighted by Crippen LogP contribution is 2.41. The molecule has 0 fully saturated rings. The smallest absolute Gasteiger partial charge is 0.258 e. The van der Waals surface area contributed by atoms with Crippen LogP contribution in [-0.2, 0) is 16.3 Å². The Kier molecular flexibility index (Phi) is 7.27. The molecule has 9 heteroatoms. The first-order valence-corrected chi connectivity index (χ1v) is 13.3. The maximum absolute atomic E-state index is 13.7. The van der Waals surface area contributed by atoms with Crippen LogP contribution in [0.15, 0.2) is 65.6 Å². The van der Waals surface area contributed by atoms with Gasteiger partial charge < -0.3 is 10.2 Å². The molecule has 1 aliphatic carbocycles. The van der Waals surface area contributed by atoms with Gasteiger partial charge in [0.1, 0.15) is 0 Å². The van der Waals surface area contributed by atoms with E-state index < -0.39 is 21.0 Å². The number of fused-ring (bicyclic) bond motifs is 1. The number of carbonyl (C=O) groups is 1. The molecule has 0 saturated carbocycles. The number of hydrogen-bond acceptors (Lipinski definition) is 4. The molecule has 0 aliphatic heterocycles. The van der Waals surface area contributed by atoms with E-state index in [1.165, 1.54) is 6.07 Å². The Morgan fingerprint density at radius 3 is 2.29 bits per heavy atom. The summed E-state index contributed by atoms with van der Waals surface area (Å²) in [7, 11) is 0.149. The van der Waals surface area contributed by atoms with Crippen molar-refractivity contribution in [2.24, 2.45) is 0 Å². The monoisotopic (exact) mass is 536 g/mol. The van der Waals surface area contributed by atoms with Crippen molar-refractivity contribution in [3.8, 4) is 0 Å². The van der Waals surface area contributed by atoms with Gasteiger partial charge in [0, 0.05) is 16.8 Å². The Bertz CT molecular complexity index is 1340. The molecule has 178 valence electrons. The number of sulfone groups is 1. The molecular weight excluding hydrogens is 515 g/mol. The lowest BCUT2D eigenvalue weighted by Gasteiger charge is -2.35. The molecule has 0 aromatic heterocycles. The first-order valence-electron chi connectivity index (χ1n) is 10.6. The Morgan fingerprint density at radius 2 is 1.65 bits per heavy atom. The van der Waals surface area contributed by atoms with Gasteiger partial charge in [-0.25, -0.2) is 8.42 Å². The number of amides is 1. The molecule has 0 saturated heterocycles. The van der Waals surface area contributed by atoms with E-state index in [9.17, 15) is 13.2 Å². The Balaban J connectivity index is 1.75. The maximum Gasteiger partial charge on any atom is 0.258 e. The van der Waals surface area contributed by atoms with Crippen LogP contribution in [0.5, 0.6) is 0 Å². The summed E-state index contributed by atoms with van der Waals surface area (Å²) in [5.74, 6) is -0.466. The van der Waals surface area contributed by atoms with E-state index in [-0.39, 0.29) is 26.5 Å². The van der Waals surface area contributed by atoms with Gasteiger partial charge in [0.25, 0.3) is 5.91 Å². The highest BCUT2D eigenvalue weighted by Gasteiger charge is 2.37. The molecule has 0 spiro atoms. The fraction of sp³-hybridized carbons (Fsp3) is 0.240. The van der Waals surface area contributed by atoms with Crippen molar-refractivity contribution in [1.29, 1.82) is 0 Å². The minimum absolute atomic E-state index is 0.0498. The fourth-order valence-corrected chi connectivity index (χ4v) is 7.01. The molecule has 0 radical (unpaired) electrons. The molecule has 1 aliphatic rings. The summed E-state index contributed by atoms with van der Waals surface area (Å²) in [4.78, 5) is 15.1. The van der Waals surface area contributed by atoms with Gasteiger partial charge in [-0.3, -0.25) is 4.79 Å². The highest BCUT2D eigenvalue weighted by atomic mass is 35.5. The number of anilines is 1. The number of halogens is 3. The second-order valence-electron chi connectivity index (χ2n) is 8.51. The summed E-state index contributed by atoms with van der Waals surface area (Å²) in [6.45, 7) is 0. The first-order chi connectivity index (χ1) is 16.1. The Hall–Kier alpha value is -2.09. The summed E-state index contributed by atoms with van der Waals surface area (Å²) in [5, 5.41) is 2.85. The molecule has 3 aromatic carbocycles. The number of likely N-dealkylation sites (N-methyl/N-ethyl adjacent to an activating group) is 1. The summed E-state index contributed by atoms with van der Waals surface area (Å²) < 4.78 is 27.4. The van der Waals surface area contributed by atoms with Crippen LogP contribution >= 0.6 is 34.8 Å². The van der Waals surface area contributed by atoms with Crippen molar-refractivity contribution in [2.45, 2.75) is 29.0 Å². The van der Waals surface area contributed by atoms with Crippen LogP contribution in [0, 0.1) is 0 Å². The molecule has 0 bridgehead atoms. The van der Waals surface area contributed by atoms with Gasteiger partial charge in [-0.2, -0.15) is 0 Å². The Morgan fingerprint density at radius 1 is 0.971 bits per heavy atom. The summed E-state index contributed by atoms with van der Waals surface area (Å²) in [6.07, 6.45) is 1.12. The molecule has 1 N–H and O–H groups in total. The third-order valence-electron chi connectivity index (χ3n) is 6.11. The molecule has 5 nitrogen and oxygen atoms in total.